The number of halogens is 4. The highest BCUT2D eigenvalue weighted by Gasteiger charge is 2.25. The molecule has 0 spiro atoms. The number of ether oxygens (including phenoxy) is 2. The van der Waals surface area contributed by atoms with Crippen LogP contribution in [0.25, 0.3) is 0 Å². The summed E-state index contributed by atoms with van der Waals surface area (Å²) < 4.78 is 11.3. The van der Waals surface area contributed by atoms with E-state index >= 15 is 0 Å². The molecule has 0 aliphatic carbocycles. The number of hydrogen-bond acceptors (Lipinski definition) is 2. The second kappa shape index (κ2) is 4.39. The molecule has 0 bridgehead atoms. The molecule has 0 saturated carbocycles. The van der Waals surface area contributed by atoms with Crippen LogP contribution in [0.3, 0.4) is 0 Å². The lowest BCUT2D eigenvalue weighted by Crippen LogP contribution is -2.00. The van der Waals surface area contributed by atoms with Crippen molar-refractivity contribution in [2.75, 3.05) is 0 Å². The Bertz CT molecular complexity index is 655. The fourth-order valence-corrected chi connectivity index (χ4v) is 2.48. The first-order valence-corrected chi connectivity index (χ1v) is 6.40. The van der Waals surface area contributed by atoms with Crippen LogP contribution in [0.5, 0.6) is 23.0 Å². The second-order valence-electron chi connectivity index (χ2n) is 3.61. The summed E-state index contributed by atoms with van der Waals surface area (Å²) in [4.78, 5) is 0. The van der Waals surface area contributed by atoms with Crippen LogP contribution >= 0.6 is 46.4 Å². The van der Waals surface area contributed by atoms with Crippen LogP contribution in [0.15, 0.2) is 24.3 Å². The Hall–Kier alpha value is -0.800. The van der Waals surface area contributed by atoms with Crippen molar-refractivity contribution in [2.24, 2.45) is 0 Å². The molecule has 1 aliphatic rings. The molecule has 1 heterocycles. The Morgan fingerprint density at radius 1 is 0.722 bits per heavy atom. The third kappa shape index (κ3) is 1.90. The standard InChI is InChI=1S/C12H4Cl4O2/c13-5-3-7(15)11-9(4-5)18-12-8(17-11)2-1-6(14)10(12)16/h1-4H. The van der Waals surface area contributed by atoms with Crippen LogP contribution < -0.4 is 9.47 Å². The molecule has 0 aromatic heterocycles. The maximum atomic E-state index is 6.05. The maximum Gasteiger partial charge on any atom is 0.190 e. The van der Waals surface area contributed by atoms with Crippen molar-refractivity contribution in [3.8, 4) is 23.0 Å². The van der Waals surface area contributed by atoms with E-state index in [1.807, 2.05) is 0 Å². The van der Waals surface area contributed by atoms with E-state index in [-0.39, 0.29) is 5.02 Å². The molecule has 0 N–H and O–H groups in total. The summed E-state index contributed by atoms with van der Waals surface area (Å²) in [5.74, 6) is 1.63. The van der Waals surface area contributed by atoms with Crippen molar-refractivity contribution in [1.29, 1.82) is 0 Å². The summed E-state index contributed by atoms with van der Waals surface area (Å²) >= 11 is 23.9. The van der Waals surface area contributed by atoms with Gasteiger partial charge in [0.15, 0.2) is 23.0 Å². The number of rotatable bonds is 0. The minimum Gasteiger partial charge on any atom is -0.448 e. The van der Waals surface area contributed by atoms with E-state index in [0.29, 0.717) is 38.1 Å². The van der Waals surface area contributed by atoms with Crippen LogP contribution in [0.4, 0.5) is 0 Å². The SMILES string of the molecule is Clc1cc(Cl)c2c(c1)Oc1c(ccc(Cl)c1Cl)O2. The zero-order valence-corrected chi connectivity index (χ0v) is 11.7. The van der Waals surface area contributed by atoms with Gasteiger partial charge in [-0.25, -0.2) is 0 Å². The van der Waals surface area contributed by atoms with Crippen molar-refractivity contribution < 1.29 is 9.47 Å². The van der Waals surface area contributed by atoms with E-state index in [0.717, 1.165) is 0 Å². The monoisotopic (exact) mass is 320 g/mol. The van der Waals surface area contributed by atoms with Crippen molar-refractivity contribution in [1.82, 2.24) is 0 Å². The topological polar surface area (TPSA) is 18.5 Å². The van der Waals surface area contributed by atoms with Gasteiger partial charge in [-0.2, -0.15) is 0 Å². The lowest BCUT2D eigenvalue weighted by molar-refractivity contribution is 0.360. The minimum atomic E-state index is 0.288. The molecule has 2 aromatic carbocycles. The van der Waals surface area contributed by atoms with Gasteiger partial charge in [0, 0.05) is 11.1 Å². The van der Waals surface area contributed by atoms with Gasteiger partial charge in [-0.05, 0) is 18.2 Å². The summed E-state index contributed by atoms with van der Waals surface area (Å²) in [6, 6.07) is 6.47. The Kier molecular flexibility index (Phi) is 2.99. The van der Waals surface area contributed by atoms with E-state index in [4.69, 9.17) is 55.9 Å². The molecular weight excluding hydrogens is 318 g/mol. The molecule has 1 aliphatic heterocycles. The highest BCUT2D eigenvalue weighted by Crippen LogP contribution is 2.53. The molecule has 0 saturated heterocycles. The Balaban J connectivity index is 2.18. The predicted molar refractivity (Wildman–Crippen MR) is 73.1 cm³/mol. The fourth-order valence-electron chi connectivity index (χ4n) is 1.62. The molecule has 2 nitrogen and oxygen atoms in total. The molecule has 18 heavy (non-hydrogen) atoms. The zero-order chi connectivity index (χ0) is 12.9. The van der Waals surface area contributed by atoms with Crippen molar-refractivity contribution >= 4 is 46.4 Å². The molecule has 0 amide bonds. The van der Waals surface area contributed by atoms with Crippen molar-refractivity contribution in [2.45, 2.75) is 0 Å². The Morgan fingerprint density at radius 3 is 2.22 bits per heavy atom. The summed E-state index contributed by atoms with van der Waals surface area (Å²) in [5.41, 5.74) is 0. The lowest BCUT2D eigenvalue weighted by atomic mass is 10.2. The lowest BCUT2D eigenvalue weighted by Gasteiger charge is -2.22. The molecule has 3 rings (SSSR count). The fraction of sp³-hybridized carbons (Fsp3) is 0. The van der Waals surface area contributed by atoms with Gasteiger partial charge in [0.2, 0.25) is 0 Å². The van der Waals surface area contributed by atoms with Crippen molar-refractivity contribution in [3.63, 3.8) is 0 Å². The smallest absolute Gasteiger partial charge is 0.190 e. The van der Waals surface area contributed by atoms with Crippen LogP contribution in [-0.2, 0) is 0 Å². The van der Waals surface area contributed by atoms with E-state index in [9.17, 15) is 0 Å². The molecule has 0 radical (unpaired) electrons. The van der Waals surface area contributed by atoms with Gasteiger partial charge in [0.25, 0.3) is 0 Å². The van der Waals surface area contributed by atoms with Gasteiger partial charge in [0.05, 0.1) is 10.0 Å². The van der Waals surface area contributed by atoms with Gasteiger partial charge >= 0.3 is 0 Å². The molecule has 92 valence electrons. The van der Waals surface area contributed by atoms with Gasteiger partial charge in [0.1, 0.15) is 5.02 Å². The normalized spacial score (nSPS) is 12.2. The number of hydrogen-bond donors (Lipinski definition) is 0. The van der Waals surface area contributed by atoms with Crippen LogP contribution in [0.1, 0.15) is 0 Å². The van der Waals surface area contributed by atoms with E-state index in [2.05, 4.69) is 0 Å². The third-order valence-corrected chi connectivity index (χ3v) is 3.70. The van der Waals surface area contributed by atoms with Gasteiger partial charge < -0.3 is 9.47 Å². The van der Waals surface area contributed by atoms with Crippen LogP contribution in [0.2, 0.25) is 20.1 Å². The third-order valence-electron chi connectivity index (χ3n) is 2.41. The quantitative estimate of drug-likeness (QED) is 0.491. The Morgan fingerprint density at radius 2 is 1.44 bits per heavy atom. The largest absolute Gasteiger partial charge is 0.448 e. The summed E-state index contributed by atoms with van der Waals surface area (Å²) in [6.07, 6.45) is 0. The second-order valence-corrected chi connectivity index (χ2v) is 5.24. The first kappa shape index (κ1) is 12.2. The van der Waals surface area contributed by atoms with Gasteiger partial charge in [-0.3, -0.25) is 0 Å². The molecule has 2 aromatic rings. The zero-order valence-electron chi connectivity index (χ0n) is 8.64. The van der Waals surface area contributed by atoms with Crippen LogP contribution in [0, 0.1) is 0 Å². The first-order chi connectivity index (χ1) is 8.56. The van der Waals surface area contributed by atoms with E-state index < -0.39 is 0 Å². The van der Waals surface area contributed by atoms with Gasteiger partial charge in [-0.15, -0.1) is 0 Å². The molecule has 6 heteroatoms. The van der Waals surface area contributed by atoms with E-state index in [1.54, 1.807) is 24.3 Å². The number of benzene rings is 2. The molecule has 0 fully saturated rings. The maximum absolute atomic E-state index is 6.05. The Labute approximate surface area is 123 Å². The summed E-state index contributed by atoms with van der Waals surface area (Å²) in [5, 5.41) is 1.49. The van der Waals surface area contributed by atoms with E-state index in [1.165, 1.54) is 0 Å². The summed E-state index contributed by atoms with van der Waals surface area (Å²) in [7, 11) is 0. The minimum absolute atomic E-state index is 0.288. The molecule has 0 atom stereocenters. The highest BCUT2D eigenvalue weighted by atomic mass is 35.5. The van der Waals surface area contributed by atoms with Crippen molar-refractivity contribution in [3.05, 3.63) is 44.4 Å². The highest BCUT2D eigenvalue weighted by molar-refractivity contribution is 6.43. The first-order valence-electron chi connectivity index (χ1n) is 4.89. The predicted octanol–water partition coefficient (Wildman–Crippen LogP) is 6.20. The number of fused-ring (bicyclic) bond motifs is 2. The average Bonchev–Trinajstić information content (AvgIpc) is 2.33. The van der Waals surface area contributed by atoms with Gasteiger partial charge in [-0.1, -0.05) is 46.4 Å². The van der Waals surface area contributed by atoms with Crippen LogP contribution in [-0.4, -0.2) is 0 Å². The average molecular weight is 322 g/mol. The molecular formula is C12H4Cl4O2. The summed E-state index contributed by atoms with van der Waals surface area (Å²) in [6.45, 7) is 0. The molecule has 0 unspecified atom stereocenters.